The number of fused-ring (bicyclic) bond motifs is 3. The zero-order valence-electron chi connectivity index (χ0n) is 19.0. The van der Waals surface area contributed by atoms with Gasteiger partial charge in [-0.3, -0.25) is 9.47 Å². The van der Waals surface area contributed by atoms with E-state index in [1.54, 1.807) is 0 Å². The van der Waals surface area contributed by atoms with Gasteiger partial charge in [-0.05, 0) is 42.9 Å². The Hall–Kier alpha value is -2.67. The summed E-state index contributed by atoms with van der Waals surface area (Å²) in [6.45, 7) is 4.43. The molecule has 4 heterocycles. The Morgan fingerprint density at radius 3 is 2.73 bits per heavy atom. The fourth-order valence-corrected chi connectivity index (χ4v) is 5.69. The number of carbonyl (C=O) groups excluding carboxylic acids is 1. The lowest BCUT2D eigenvalue weighted by Gasteiger charge is -2.43. The molecule has 2 atom stereocenters. The van der Waals surface area contributed by atoms with E-state index in [9.17, 15) is 4.79 Å². The van der Waals surface area contributed by atoms with Crippen molar-refractivity contribution in [3.05, 3.63) is 71.4 Å². The highest BCUT2D eigenvalue weighted by atomic mass is 16.7. The summed E-state index contributed by atoms with van der Waals surface area (Å²) in [5.74, 6) is 0. The molecule has 3 aliphatic rings. The van der Waals surface area contributed by atoms with Gasteiger partial charge in [0.2, 0.25) is 0 Å². The predicted octanol–water partition coefficient (Wildman–Crippen LogP) is 4.57. The molecule has 0 spiro atoms. The molecule has 33 heavy (non-hydrogen) atoms. The van der Waals surface area contributed by atoms with Crippen LogP contribution < -0.4 is 0 Å². The first-order valence-electron chi connectivity index (χ1n) is 12.2. The monoisotopic (exact) mass is 445 g/mol. The van der Waals surface area contributed by atoms with Crippen LogP contribution in [0.5, 0.6) is 0 Å². The maximum atomic E-state index is 13.7. The number of nitrogens with zero attached hydrogens (tertiary/aromatic N) is 3. The highest BCUT2D eigenvalue weighted by Crippen LogP contribution is 2.41. The van der Waals surface area contributed by atoms with Crippen molar-refractivity contribution in [1.29, 1.82) is 0 Å². The molecule has 0 bridgehead atoms. The summed E-state index contributed by atoms with van der Waals surface area (Å²) in [5, 5.41) is 1.22. The quantitative estimate of drug-likeness (QED) is 0.558. The fraction of sp³-hybridized carbons (Fsp3) is 0.444. The molecule has 2 unspecified atom stereocenters. The van der Waals surface area contributed by atoms with Crippen molar-refractivity contribution in [2.75, 3.05) is 32.8 Å². The van der Waals surface area contributed by atoms with Gasteiger partial charge in [-0.25, -0.2) is 4.79 Å². The molecule has 172 valence electrons. The Balaban J connectivity index is 1.30. The fourth-order valence-electron chi connectivity index (χ4n) is 5.69. The lowest BCUT2D eigenvalue weighted by Crippen LogP contribution is -2.51. The van der Waals surface area contributed by atoms with Crippen LogP contribution in [0.25, 0.3) is 10.9 Å². The van der Waals surface area contributed by atoms with E-state index in [0.29, 0.717) is 19.7 Å². The minimum atomic E-state index is -0.127. The van der Waals surface area contributed by atoms with E-state index in [4.69, 9.17) is 9.47 Å². The normalized spacial score (nSPS) is 23.2. The third-order valence-electron chi connectivity index (χ3n) is 7.31. The Kier molecular flexibility index (Phi) is 5.66. The highest BCUT2D eigenvalue weighted by molar-refractivity contribution is 5.96. The molecular formula is C27H31N3O3. The number of rotatable bonds is 6. The third-order valence-corrected chi connectivity index (χ3v) is 7.31. The van der Waals surface area contributed by atoms with Crippen LogP contribution in [0.4, 0.5) is 4.79 Å². The topological polar surface area (TPSA) is 46.9 Å². The first-order valence-corrected chi connectivity index (χ1v) is 12.2. The molecule has 1 fully saturated rings. The smallest absolute Gasteiger partial charge is 0.329 e. The molecule has 3 aliphatic heterocycles. The van der Waals surface area contributed by atoms with Crippen molar-refractivity contribution in [1.82, 2.24) is 14.4 Å². The zero-order valence-corrected chi connectivity index (χ0v) is 19.0. The Labute approximate surface area is 194 Å². The van der Waals surface area contributed by atoms with Gasteiger partial charge in [0.05, 0.1) is 23.9 Å². The van der Waals surface area contributed by atoms with Crippen molar-refractivity contribution in [3.8, 4) is 0 Å². The van der Waals surface area contributed by atoms with Gasteiger partial charge in [0, 0.05) is 38.2 Å². The molecule has 0 N–H and O–H groups in total. The minimum absolute atomic E-state index is 0.0680. The molecule has 1 saturated heterocycles. The van der Waals surface area contributed by atoms with Crippen molar-refractivity contribution in [2.24, 2.45) is 0 Å². The summed E-state index contributed by atoms with van der Waals surface area (Å²) in [7, 11) is 0. The summed E-state index contributed by atoms with van der Waals surface area (Å²) < 4.78 is 13.7. The van der Waals surface area contributed by atoms with Gasteiger partial charge in [-0.2, -0.15) is 0 Å². The first kappa shape index (κ1) is 20.9. The molecule has 0 aliphatic carbocycles. The van der Waals surface area contributed by atoms with Gasteiger partial charge in [0.1, 0.15) is 0 Å². The Morgan fingerprint density at radius 2 is 1.88 bits per heavy atom. The highest BCUT2D eigenvalue weighted by Gasteiger charge is 2.40. The number of carbonyl (C=O) groups is 1. The van der Waals surface area contributed by atoms with Crippen LogP contribution in [0.3, 0.4) is 0 Å². The summed E-state index contributed by atoms with van der Waals surface area (Å²) >= 11 is 0. The summed E-state index contributed by atoms with van der Waals surface area (Å²) in [5.41, 5.74) is 4.88. The first-order chi connectivity index (χ1) is 16.3. The van der Waals surface area contributed by atoms with Crippen molar-refractivity contribution in [3.63, 3.8) is 0 Å². The van der Waals surface area contributed by atoms with E-state index >= 15 is 0 Å². The second-order valence-electron chi connectivity index (χ2n) is 9.33. The molecule has 0 radical (unpaired) electrons. The van der Waals surface area contributed by atoms with E-state index in [0.717, 1.165) is 50.9 Å². The molecule has 1 aromatic heterocycles. The molecule has 6 nitrogen and oxygen atoms in total. The lowest BCUT2D eigenvalue weighted by atomic mass is 9.95. The average molecular weight is 446 g/mol. The molecule has 6 rings (SSSR count). The molecule has 3 aromatic rings. The number of para-hydroxylation sites is 1. The molecule has 2 aromatic carbocycles. The van der Waals surface area contributed by atoms with Crippen LogP contribution in [0.2, 0.25) is 0 Å². The largest absolute Gasteiger partial charge is 0.353 e. The lowest BCUT2D eigenvalue weighted by molar-refractivity contribution is -0.163. The Morgan fingerprint density at radius 1 is 1.03 bits per heavy atom. The number of benzene rings is 2. The van der Waals surface area contributed by atoms with E-state index in [1.165, 1.54) is 22.2 Å². The van der Waals surface area contributed by atoms with Crippen LogP contribution in [0, 0.1) is 0 Å². The van der Waals surface area contributed by atoms with Gasteiger partial charge in [0.15, 0.2) is 6.29 Å². The summed E-state index contributed by atoms with van der Waals surface area (Å²) in [4.78, 5) is 18.2. The van der Waals surface area contributed by atoms with Gasteiger partial charge in [-0.1, -0.05) is 48.5 Å². The molecule has 6 heteroatoms. The molecule has 0 saturated carbocycles. The van der Waals surface area contributed by atoms with Crippen LogP contribution in [-0.2, 0) is 22.4 Å². The van der Waals surface area contributed by atoms with Gasteiger partial charge in [-0.15, -0.1) is 0 Å². The number of hydrogen-bond acceptors (Lipinski definition) is 4. The van der Waals surface area contributed by atoms with E-state index in [-0.39, 0.29) is 18.4 Å². The number of aromatic nitrogens is 1. The molecule has 1 amide bonds. The standard InChI is InChI=1S/C27H31N3O3/c31-27-29(15-17-33-25-12-6-7-16-32-25)19-24-26-22(21-10-4-5-11-23(21)30(26)27)13-14-28(24)18-20-8-2-1-3-9-20/h1-5,8-11,24-25H,6-7,12-19H2. The van der Waals surface area contributed by atoms with Crippen LogP contribution in [-0.4, -0.2) is 59.5 Å². The second kappa shape index (κ2) is 8.93. The van der Waals surface area contributed by atoms with E-state index < -0.39 is 0 Å². The van der Waals surface area contributed by atoms with Gasteiger partial charge in [0.25, 0.3) is 0 Å². The van der Waals surface area contributed by atoms with Crippen molar-refractivity contribution < 1.29 is 14.3 Å². The van der Waals surface area contributed by atoms with Gasteiger partial charge < -0.3 is 14.4 Å². The van der Waals surface area contributed by atoms with Crippen molar-refractivity contribution in [2.45, 2.75) is 44.6 Å². The number of ether oxygens (including phenoxy) is 2. The summed E-state index contributed by atoms with van der Waals surface area (Å²) in [6, 6.07) is 19.3. The van der Waals surface area contributed by atoms with Crippen molar-refractivity contribution >= 4 is 16.9 Å². The van der Waals surface area contributed by atoms with Crippen LogP contribution >= 0.6 is 0 Å². The predicted molar refractivity (Wildman–Crippen MR) is 127 cm³/mol. The summed E-state index contributed by atoms with van der Waals surface area (Å²) in [6.07, 6.45) is 4.04. The van der Waals surface area contributed by atoms with Gasteiger partial charge >= 0.3 is 6.03 Å². The number of hydrogen-bond donors (Lipinski definition) is 0. The maximum Gasteiger partial charge on any atom is 0.329 e. The van der Waals surface area contributed by atoms with E-state index in [2.05, 4.69) is 53.4 Å². The maximum absolute atomic E-state index is 13.7. The van der Waals surface area contributed by atoms with Crippen LogP contribution in [0.1, 0.15) is 42.1 Å². The Bertz CT molecular complexity index is 1140. The number of amides is 1. The zero-order chi connectivity index (χ0) is 22.2. The SMILES string of the molecule is O=C1N(CCOC2CCCCO2)CC2c3c(c4ccccc4n31)CCN2Cc1ccccc1. The second-order valence-corrected chi connectivity index (χ2v) is 9.33. The van der Waals surface area contributed by atoms with E-state index in [1.807, 2.05) is 15.5 Å². The average Bonchev–Trinajstić information content (AvgIpc) is 3.20. The molecular weight excluding hydrogens is 414 g/mol. The van der Waals surface area contributed by atoms with Crippen LogP contribution in [0.15, 0.2) is 54.6 Å². The third kappa shape index (κ3) is 3.86. The minimum Gasteiger partial charge on any atom is -0.353 e.